The van der Waals surface area contributed by atoms with Gasteiger partial charge < -0.3 is 14.9 Å². The molecule has 0 radical (unpaired) electrons. The van der Waals surface area contributed by atoms with Crippen LogP contribution in [0.4, 0.5) is 0 Å². The Hall–Kier alpha value is -1.62. The van der Waals surface area contributed by atoms with Crippen LogP contribution in [-0.4, -0.2) is 19.7 Å². The van der Waals surface area contributed by atoms with Gasteiger partial charge in [-0.15, -0.1) is 10.2 Å². The molecule has 0 aliphatic rings. The molecular formula is C10H15N5. The quantitative estimate of drug-likeness (QED) is 0.782. The SMILES string of the molecule is CC(NCc1cc[nH]c1)c1nncn1C. The van der Waals surface area contributed by atoms with Crippen LogP contribution in [0.2, 0.25) is 0 Å². The molecule has 80 valence electrons. The summed E-state index contributed by atoms with van der Waals surface area (Å²) in [6, 6.07) is 2.25. The van der Waals surface area contributed by atoms with Gasteiger partial charge in [-0.2, -0.15) is 0 Å². The lowest BCUT2D eigenvalue weighted by atomic mass is 10.2. The van der Waals surface area contributed by atoms with Gasteiger partial charge in [0.1, 0.15) is 12.2 Å². The second-order valence-corrected chi connectivity index (χ2v) is 3.62. The highest BCUT2D eigenvalue weighted by Gasteiger charge is 2.10. The van der Waals surface area contributed by atoms with E-state index in [0.717, 1.165) is 12.4 Å². The normalized spacial score (nSPS) is 12.9. The first-order chi connectivity index (χ1) is 7.27. The number of hydrogen-bond donors (Lipinski definition) is 2. The zero-order valence-corrected chi connectivity index (χ0v) is 8.94. The van der Waals surface area contributed by atoms with Crippen LogP contribution >= 0.6 is 0 Å². The molecule has 1 atom stereocenters. The number of nitrogens with zero attached hydrogens (tertiary/aromatic N) is 3. The van der Waals surface area contributed by atoms with Gasteiger partial charge in [0.15, 0.2) is 0 Å². The van der Waals surface area contributed by atoms with Gasteiger partial charge in [-0.3, -0.25) is 0 Å². The summed E-state index contributed by atoms with van der Waals surface area (Å²) in [6.07, 6.45) is 5.62. The molecule has 0 saturated heterocycles. The first-order valence-electron chi connectivity index (χ1n) is 4.96. The van der Waals surface area contributed by atoms with Crippen molar-refractivity contribution >= 4 is 0 Å². The monoisotopic (exact) mass is 205 g/mol. The summed E-state index contributed by atoms with van der Waals surface area (Å²) >= 11 is 0. The Bertz CT molecular complexity index is 403. The molecule has 0 bridgehead atoms. The van der Waals surface area contributed by atoms with Crippen molar-refractivity contribution in [3.05, 3.63) is 36.2 Å². The Balaban J connectivity index is 1.93. The van der Waals surface area contributed by atoms with Crippen molar-refractivity contribution in [1.29, 1.82) is 0 Å². The van der Waals surface area contributed by atoms with E-state index in [1.54, 1.807) is 6.33 Å². The van der Waals surface area contributed by atoms with Gasteiger partial charge in [-0.25, -0.2) is 0 Å². The molecule has 0 fully saturated rings. The van der Waals surface area contributed by atoms with Gasteiger partial charge in [0.2, 0.25) is 0 Å². The molecule has 2 rings (SSSR count). The zero-order chi connectivity index (χ0) is 10.7. The number of H-pyrrole nitrogens is 1. The zero-order valence-electron chi connectivity index (χ0n) is 8.94. The predicted octanol–water partition coefficient (Wildman–Crippen LogP) is 0.994. The van der Waals surface area contributed by atoms with Crippen molar-refractivity contribution in [2.24, 2.45) is 7.05 Å². The average Bonchev–Trinajstić information content (AvgIpc) is 2.84. The van der Waals surface area contributed by atoms with E-state index in [1.807, 2.05) is 24.0 Å². The number of aromatic nitrogens is 4. The maximum Gasteiger partial charge on any atom is 0.149 e. The fraction of sp³-hybridized carbons (Fsp3) is 0.400. The molecule has 5 nitrogen and oxygen atoms in total. The molecule has 0 saturated carbocycles. The maximum atomic E-state index is 4.06. The minimum Gasteiger partial charge on any atom is -0.367 e. The topological polar surface area (TPSA) is 58.5 Å². The van der Waals surface area contributed by atoms with E-state index in [9.17, 15) is 0 Å². The van der Waals surface area contributed by atoms with E-state index in [4.69, 9.17) is 0 Å². The molecule has 2 aromatic heterocycles. The number of hydrogen-bond acceptors (Lipinski definition) is 3. The van der Waals surface area contributed by atoms with E-state index in [0.29, 0.717) is 0 Å². The molecule has 0 spiro atoms. The summed E-state index contributed by atoms with van der Waals surface area (Å²) in [5, 5.41) is 11.3. The van der Waals surface area contributed by atoms with Crippen molar-refractivity contribution in [1.82, 2.24) is 25.1 Å². The summed E-state index contributed by atoms with van der Waals surface area (Å²) in [5.41, 5.74) is 1.24. The lowest BCUT2D eigenvalue weighted by molar-refractivity contribution is 0.528. The lowest BCUT2D eigenvalue weighted by Crippen LogP contribution is -2.20. The average molecular weight is 205 g/mol. The first kappa shape index (κ1) is 9.92. The van der Waals surface area contributed by atoms with Crippen LogP contribution in [0.15, 0.2) is 24.8 Å². The smallest absolute Gasteiger partial charge is 0.149 e. The fourth-order valence-electron chi connectivity index (χ4n) is 1.51. The van der Waals surface area contributed by atoms with Gasteiger partial charge in [-0.05, 0) is 18.6 Å². The van der Waals surface area contributed by atoms with Crippen LogP contribution in [-0.2, 0) is 13.6 Å². The lowest BCUT2D eigenvalue weighted by Gasteiger charge is -2.11. The number of rotatable bonds is 4. The second-order valence-electron chi connectivity index (χ2n) is 3.62. The van der Waals surface area contributed by atoms with Crippen LogP contribution in [0.3, 0.4) is 0 Å². The third-order valence-corrected chi connectivity index (χ3v) is 2.41. The molecule has 2 heterocycles. The van der Waals surface area contributed by atoms with Gasteiger partial charge in [0, 0.05) is 26.0 Å². The van der Waals surface area contributed by atoms with Crippen molar-refractivity contribution in [2.45, 2.75) is 19.5 Å². The van der Waals surface area contributed by atoms with Crippen molar-refractivity contribution < 1.29 is 0 Å². The highest BCUT2D eigenvalue weighted by atomic mass is 15.3. The van der Waals surface area contributed by atoms with E-state index in [-0.39, 0.29) is 6.04 Å². The van der Waals surface area contributed by atoms with Crippen molar-refractivity contribution in [3.8, 4) is 0 Å². The molecule has 0 aliphatic heterocycles. The van der Waals surface area contributed by atoms with E-state index >= 15 is 0 Å². The molecular weight excluding hydrogens is 190 g/mol. The highest BCUT2D eigenvalue weighted by molar-refractivity contribution is 5.08. The van der Waals surface area contributed by atoms with Gasteiger partial charge in [0.25, 0.3) is 0 Å². The molecule has 0 aromatic carbocycles. The molecule has 15 heavy (non-hydrogen) atoms. The Morgan fingerprint density at radius 2 is 2.47 bits per heavy atom. The number of aryl methyl sites for hydroxylation is 1. The van der Waals surface area contributed by atoms with Crippen LogP contribution in [0, 0.1) is 0 Å². The maximum absolute atomic E-state index is 4.06. The third kappa shape index (κ3) is 2.24. The fourth-order valence-corrected chi connectivity index (χ4v) is 1.51. The van der Waals surface area contributed by atoms with E-state index in [2.05, 4.69) is 33.5 Å². The van der Waals surface area contributed by atoms with E-state index in [1.165, 1.54) is 5.56 Å². The van der Waals surface area contributed by atoms with Crippen LogP contribution < -0.4 is 5.32 Å². The summed E-state index contributed by atoms with van der Waals surface area (Å²) in [4.78, 5) is 3.03. The molecule has 2 N–H and O–H groups in total. The second kappa shape index (κ2) is 4.27. The highest BCUT2D eigenvalue weighted by Crippen LogP contribution is 2.08. The standard InChI is InChI=1S/C10H15N5/c1-8(10-14-13-7-15(10)2)12-6-9-3-4-11-5-9/h3-5,7-8,11-12H,6H2,1-2H3. The van der Waals surface area contributed by atoms with Crippen molar-refractivity contribution in [3.63, 3.8) is 0 Å². The summed E-state index contributed by atoms with van der Waals surface area (Å²) < 4.78 is 1.93. The van der Waals surface area contributed by atoms with Gasteiger partial charge in [0.05, 0.1) is 6.04 Å². The molecule has 2 aromatic rings. The summed E-state index contributed by atoms with van der Waals surface area (Å²) in [6.45, 7) is 2.91. The molecule has 1 unspecified atom stereocenters. The largest absolute Gasteiger partial charge is 0.367 e. The Labute approximate surface area is 88.5 Å². The Kier molecular flexibility index (Phi) is 2.82. The van der Waals surface area contributed by atoms with Crippen LogP contribution in [0.25, 0.3) is 0 Å². The van der Waals surface area contributed by atoms with Gasteiger partial charge in [-0.1, -0.05) is 0 Å². The number of nitrogens with one attached hydrogen (secondary N) is 2. The molecule has 5 heteroatoms. The predicted molar refractivity (Wildman–Crippen MR) is 57.1 cm³/mol. The molecule has 0 aliphatic carbocycles. The minimum absolute atomic E-state index is 0.201. The minimum atomic E-state index is 0.201. The first-order valence-corrected chi connectivity index (χ1v) is 4.96. The number of aromatic amines is 1. The van der Waals surface area contributed by atoms with E-state index < -0.39 is 0 Å². The third-order valence-electron chi connectivity index (χ3n) is 2.41. The molecule has 0 amide bonds. The van der Waals surface area contributed by atoms with Crippen LogP contribution in [0.1, 0.15) is 24.4 Å². The van der Waals surface area contributed by atoms with Gasteiger partial charge >= 0.3 is 0 Å². The van der Waals surface area contributed by atoms with Crippen LogP contribution in [0.5, 0.6) is 0 Å². The Morgan fingerprint density at radius 1 is 1.60 bits per heavy atom. The summed E-state index contributed by atoms with van der Waals surface area (Å²) in [7, 11) is 1.95. The summed E-state index contributed by atoms with van der Waals surface area (Å²) in [5.74, 6) is 0.950. The Morgan fingerprint density at radius 3 is 3.07 bits per heavy atom. The van der Waals surface area contributed by atoms with Crippen molar-refractivity contribution in [2.75, 3.05) is 0 Å².